The molecule has 0 radical (unpaired) electrons. The maximum atomic E-state index is 2.38. The molecule has 0 saturated heterocycles. The van der Waals surface area contributed by atoms with Crippen LogP contribution in [-0.4, -0.2) is 0 Å². The van der Waals surface area contributed by atoms with Crippen LogP contribution < -0.4 is 0 Å². The fraction of sp³-hybridized carbons (Fsp3) is 0.304. The lowest BCUT2D eigenvalue weighted by Gasteiger charge is -2.24. The van der Waals surface area contributed by atoms with Crippen LogP contribution in [0, 0.1) is 0 Å². The van der Waals surface area contributed by atoms with E-state index >= 15 is 0 Å². The second-order valence-corrected chi connectivity index (χ2v) is 7.84. The van der Waals surface area contributed by atoms with Crippen molar-refractivity contribution in [2.75, 3.05) is 0 Å². The van der Waals surface area contributed by atoms with Crippen molar-refractivity contribution >= 4 is 0 Å². The Morgan fingerprint density at radius 3 is 2.57 bits per heavy atom. The predicted molar refractivity (Wildman–Crippen MR) is 98.9 cm³/mol. The molecule has 0 heterocycles. The van der Waals surface area contributed by atoms with Gasteiger partial charge >= 0.3 is 0 Å². The van der Waals surface area contributed by atoms with E-state index in [9.17, 15) is 0 Å². The Morgan fingerprint density at radius 2 is 1.83 bits per heavy atom. The number of hydrogen-bond acceptors (Lipinski definition) is 0. The van der Waals surface area contributed by atoms with Crippen LogP contribution in [0.2, 0.25) is 0 Å². The molecule has 0 nitrogen and oxygen atoms in total. The zero-order chi connectivity index (χ0) is 16.0. The number of allylic oxidation sites excluding steroid dienone is 4. The monoisotopic (exact) mass is 300 g/mol. The van der Waals surface area contributed by atoms with Gasteiger partial charge in [0.15, 0.2) is 0 Å². The van der Waals surface area contributed by atoms with E-state index in [0.29, 0.717) is 0 Å². The van der Waals surface area contributed by atoms with Gasteiger partial charge in [-0.15, -0.1) is 0 Å². The SMILES string of the molecule is CC(C)(C)c1ccc(CC2=CC=CC2)c2c1-c1ccccc1C2. The molecule has 0 aliphatic heterocycles. The van der Waals surface area contributed by atoms with Gasteiger partial charge in [0.05, 0.1) is 0 Å². The molecule has 0 spiro atoms. The summed E-state index contributed by atoms with van der Waals surface area (Å²) in [5.41, 5.74) is 10.7. The van der Waals surface area contributed by atoms with E-state index in [4.69, 9.17) is 0 Å². The van der Waals surface area contributed by atoms with Crippen LogP contribution >= 0.6 is 0 Å². The van der Waals surface area contributed by atoms with E-state index in [1.54, 1.807) is 5.56 Å². The van der Waals surface area contributed by atoms with E-state index in [2.05, 4.69) is 75.4 Å². The van der Waals surface area contributed by atoms with Crippen molar-refractivity contribution in [2.24, 2.45) is 0 Å². The molecule has 0 unspecified atom stereocenters. The molecule has 116 valence electrons. The van der Waals surface area contributed by atoms with Gasteiger partial charge in [-0.05, 0) is 58.1 Å². The predicted octanol–water partition coefficient (Wildman–Crippen LogP) is 5.98. The van der Waals surface area contributed by atoms with Crippen LogP contribution in [-0.2, 0) is 18.3 Å². The zero-order valence-corrected chi connectivity index (χ0v) is 14.3. The normalized spacial score (nSPS) is 15.5. The molecule has 0 amide bonds. The minimum absolute atomic E-state index is 0.175. The third kappa shape index (κ3) is 2.47. The highest BCUT2D eigenvalue weighted by Gasteiger charge is 2.28. The van der Waals surface area contributed by atoms with Gasteiger partial charge in [0.2, 0.25) is 0 Å². The van der Waals surface area contributed by atoms with E-state index < -0.39 is 0 Å². The summed E-state index contributed by atoms with van der Waals surface area (Å²) in [5, 5.41) is 0. The number of benzene rings is 2. The zero-order valence-electron chi connectivity index (χ0n) is 14.3. The fourth-order valence-corrected chi connectivity index (χ4v) is 3.97. The first kappa shape index (κ1) is 14.5. The summed E-state index contributed by atoms with van der Waals surface area (Å²) in [6.07, 6.45) is 10.0. The van der Waals surface area contributed by atoms with Gasteiger partial charge in [-0.1, -0.05) is 81.0 Å². The van der Waals surface area contributed by atoms with E-state index in [1.165, 1.54) is 33.4 Å². The minimum atomic E-state index is 0.175. The summed E-state index contributed by atoms with van der Waals surface area (Å²) >= 11 is 0. The van der Waals surface area contributed by atoms with Crippen LogP contribution in [0.15, 0.2) is 60.2 Å². The Morgan fingerprint density at radius 1 is 1.00 bits per heavy atom. The van der Waals surface area contributed by atoms with Crippen LogP contribution in [0.3, 0.4) is 0 Å². The fourth-order valence-electron chi connectivity index (χ4n) is 3.97. The molecule has 4 rings (SSSR count). The Hall–Kier alpha value is -2.08. The van der Waals surface area contributed by atoms with Crippen LogP contribution in [0.1, 0.15) is 49.4 Å². The Kier molecular flexibility index (Phi) is 3.30. The smallest absolute Gasteiger partial charge is 0.00105 e. The van der Waals surface area contributed by atoms with Gasteiger partial charge in [-0.3, -0.25) is 0 Å². The van der Waals surface area contributed by atoms with Gasteiger partial charge in [-0.25, -0.2) is 0 Å². The molecular formula is C23H24. The lowest BCUT2D eigenvalue weighted by Crippen LogP contribution is -2.13. The van der Waals surface area contributed by atoms with E-state index in [-0.39, 0.29) is 5.41 Å². The van der Waals surface area contributed by atoms with E-state index in [0.717, 1.165) is 19.3 Å². The molecule has 0 aromatic heterocycles. The number of hydrogen-bond donors (Lipinski definition) is 0. The van der Waals surface area contributed by atoms with Crippen molar-refractivity contribution < 1.29 is 0 Å². The Labute approximate surface area is 139 Å². The molecule has 0 atom stereocenters. The van der Waals surface area contributed by atoms with Crippen molar-refractivity contribution in [3.63, 3.8) is 0 Å². The molecule has 2 aromatic carbocycles. The summed E-state index contributed by atoms with van der Waals surface area (Å²) in [5.74, 6) is 0. The molecule has 0 heteroatoms. The van der Waals surface area contributed by atoms with Gasteiger partial charge in [0.25, 0.3) is 0 Å². The number of fused-ring (bicyclic) bond motifs is 3. The summed E-state index contributed by atoms with van der Waals surface area (Å²) in [4.78, 5) is 0. The second-order valence-electron chi connectivity index (χ2n) is 7.84. The average Bonchev–Trinajstić information content (AvgIpc) is 3.13. The molecular weight excluding hydrogens is 276 g/mol. The third-order valence-electron chi connectivity index (χ3n) is 5.14. The first-order valence-corrected chi connectivity index (χ1v) is 8.62. The lowest BCUT2D eigenvalue weighted by atomic mass is 9.80. The molecule has 0 fully saturated rings. The largest absolute Gasteiger partial charge is 0.0804 e. The lowest BCUT2D eigenvalue weighted by molar-refractivity contribution is 0.591. The Bertz CT molecular complexity index is 826. The highest BCUT2D eigenvalue weighted by atomic mass is 14.3. The minimum Gasteiger partial charge on any atom is -0.0804 e. The van der Waals surface area contributed by atoms with Gasteiger partial charge in [0.1, 0.15) is 0 Å². The molecule has 0 saturated carbocycles. The quantitative estimate of drug-likeness (QED) is 0.546. The number of rotatable bonds is 2. The maximum Gasteiger partial charge on any atom is -0.00105 e. The highest BCUT2D eigenvalue weighted by molar-refractivity contribution is 5.81. The highest BCUT2D eigenvalue weighted by Crippen LogP contribution is 2.44. The van der Waals surface area contributed by atoms with Crippen LogP contribution in [0.5, 0.6) is 0 Å². The molecule has 0 N–H and O–H groups in total. The van der Waals surface area contributed by atoms with E-state index in [1.807, 2.05) is 0 Å². The summed E-state index contributed by atoms with van der Waals surface area (Å²) < 4.78 is 0. The van der Waals surface area contributed by atoms with Crippen LogP contribution in [0.4, 0.5) is 0 Å². The third-order valence-corrected chi connectivity index (χ3v) is 5.14. The Balaban J connectivity index is 1.87. The van der Waals surface area contributed by atoms with Crippen LogP contribution in [0.25, 0.3) is 11.1 Å². The summed E-state index contributed by atoms with van der Waals surface area (Å²) in [7, 11) is 0. The molecule has 2 aliphatic rings. The molecule has 0 bridgehead atoms. The van der Waals surface area contributed by atoms with Gasteiger partial charge in [0, 0.05) is 0 Å². The molecule has 2 aliphatic carbocycles. The van der Waals surface area contributed by atoms with Crippen molar-refractivity contribution in [3.8, 4) is 11.1 Å². The topological polar surface area (TPSA) is 0 Å². The first-order chi connectivity index (χ1) is 11.0. The summed E-state index contributed by atoms with van der Waals surface area (Å²) in [6, 6.07) is 13.7. The van der Waals surface area contributed by atoms with Crippen molar-refractivity contribution in [2.45, 2.75) is 45.4 Å². The van der Waals surface area contributed by atoms with Gasteiger partial charge in [-0.2, -0.15) is 0 Å². The molecule has 23 heavy (non-hydrogen) atoms. The van der Waals surface area contributed by atoms with Crippen molar-refractivity contribution in [1.82, 2.24) is 0 Å². The maximum absolute atomic E-state index is 2.38. The van der Waals surface area contributed by atoms with Crippen molar-refractivity contribution in [1.29, 1.82) is 0 Å². The summed E-state index contributed by atoms with van der Waals surface area (Å²) in [6.45, 7) is 6.98. The van der Waals surface area contributed by atoms with Crippen molar-refractivity contribution in [3.05, 3.63) is 82.5 Å². The average molecular weight is 300 g/mol. The standard InChI is InChI=1S/C23H24/c1-23(2,3)21-13-12-18(14-16-8-4-5-9-16)20-15-17-10-6-7-11-19(17)22(20)21/h4-8,10-13H,9,14-15H2,1-3H3. The van der Waals surface area contributed by atoms with Gasteiger partial charge < -0.3 is 0 Å². The first-order valence-electron chi connectivity index (χ1n) is 8.62. The molecule has 2 aromatic rings. The second kappa shape index (κ2) is 5.23.